The molecule has 1 heterocycles. The van der Waals surface area contributed by atoms with Gasteiger partial charge in [0.05, 0.1) is 6.04 Å². The number of hydrogen-bond acceptors (Lipinski definition) is 4. The number of piperidine rings is 1. The van der Waals surface area contributed by atoms with Gasteiger partial charge in [-0.3, -0.25) is 0 Å². The van der Waals surface area contributed by atoms with Crippen LogP contribution in [0.4, 0.5) is 0 Å². The molecule has 2 aliphatic rings. The average Bonchev–Trinajstić information content (AvgIpc) is 2.34. The first kappa shape index (κ1) is 12.8. The van der Waals surface area contributed by atoms with Gasteiger partial charge in [0.2, 0.25) is 10.0 Å². The first-order valence-electron chi connectivity index (χ1n) is 5.89. The summed E-state index contributed by atoms with van der Waals surface area (Å²) in [4.78, 5) is -1.50. The molecule has 0 saturated carbocycles. The second kappa shape index (κ2) is 4.53. The van der Waals surface area contributed by atoms with Crippen LogP contribution in [0, 0.1) is 0 Å². The largest absolute Gasteiger partial charge is 0.322 e. The van der Waals surface area contributed by atoms with E-state index in [2.05, 4.69) is 0 Å². The smallest absolute Gasteiger partial charge is 0.238 e. The molecule has 6 heteroatoms. The molecule has 0 aromatic carbocycles. The fourth-order valence-electron chi connectivity index (χ4n) is 2.24. The molecule has 1 fully saturated rings. The van der Waals surface area contributed by atoms with Crippen molar-refractivity contribution in [2.75, 3.05) is 13.1 Å². The molecular formula is C11H19N3O2S. The van der Waals surface area contributed by atoms with Crippen LogP contribution in [-0.2, 0) is 10.0 Å². The van der Waals surface area contributed by atoms with Crippen molar-refractivity contribution in [3.8, 4) is 0 Å². The SMILES string of the molecule is NC1C=CC=CC1(N)S(=O)(=O)N1CCCCC1. The van der Waals surface area contributed by atoms with Crippen molar-refractivity contribution < 1.29 is 8.42 Å². The van der Waals surface area contributed by atoms with Gasteiger partial charge in [0, 0.05) is 13.1 Å². The summed E-state index contributed by atoms with van der Waals surface area (Å²) in [5.41, 5.74) is 11.9. The lowest BCUT2D eigenvalue weighted by atomic mass is 10.0. The lowest BCUT2D eigenvalue weighted by molar-refractivity contribution is 0.333. The fraction of sp³-hybridized carbons (Fsp3) is 0.636. The van der Waals surface area contributed by atoms with E-state index in [1.165, 1.54) is 10.4 Å². The highest BCUT2D eigenvalue weighted by Gasteiger charge is 2.46. The van der Waals surface area contributed by atoms with Crippen molar-refractivity contribution in [1.82, 2.24) is 4.31 Å². The van der Waals surface area contributed by atoms with E-state index in [9.17, 15) is 8.42 Å². The Morgan fingerprint density at radius 1 is 1.18 bits per heavy atom. The van der Waals surface area contributed by atoms with Gasteiger partial charge in [-0.15, -0.1) is 0 Å². The third-order valence-electron chi connectivity index (χ3n) is 3.41. The van der Waals surface area contributed by atoms with Gasteiger partial charge in [-0.2, -0.15) is 4.31 Å². The second-order valence-corrected chi connectivity index (χ2v) is 6.76. The minimum atomic E-state index is -3.59. The Hall–Kier alpha value is -0.690. The molecule has 96 valence electrons. The summed E-state index contributed by atoms with van der Waals surface area (Å²) >= 11 is 0. The molecule has 2 atom stereocenters. The van der Waals surface area contributed by atoms with Crippen LogP contribution in [0.25, 0.3) is 0 Å². The zero-order valence-corrected chi connectivity index (χ0v) is 10.6. The van der Waals surface area contributed by atoms with Crippen molar-refractivity contribution in [2.24, 2.45) is 11.5 Å². The van der Waals surface area contributed by atoms with Gasteiger partial charge >= 0.3 is 0 Å². The molecule has 1 saturated heterocycles. The van der Waals surface area contributed by atoms with Crippen molar-refractivity contribution in [1.29, 1.82) is 0 Å². The molecule has 1 aliphatic heterocycles. The zero-order chi connectivity index (χ0) is 12.5. The average molecular weight is 257 g/mol. The topological polar surface area (TPSA) is 89.4 Å². The van der Waals surface area contributed by atoms with E-state index in [0.717, 1.165) is 19.3 Å². The normalized spacial score (nSPS) is 35.1. The summed E-state index contributed by atoms with van der Waals surface area (Å²) in [6.07, 6.45) is 9.34. The Balaban J connectivity index is 2.31. The van der Waals surface area contributed by atoms with Crippen LogP contribution in [0.1, 0.15) is 19.3 Å². The van der Waals surface area contributed by atoms with Crippen molar-refractivity contribution in [2.45, 2.75) is 30.2 Å². The second-order valence-electron chi connectivity index (χ2n) is 4.59. The third-order valence-corrected chi connectivity index (χ3v) is 5.76. The van der Waals surface area contributed by atoms with E-state index >= 15 is 0 Å². The van der Waals surface area contributed by atoms with Crippen molar-refractivity contribution in [3.63, 3.8) is 0 Å². The van der Waals surface area contributed by atoms with Crippen molar-refractivity contribution >= 4 is 10.0 Å². The zero-order valence-electron chi connectivity index (χ0n) is 9.75. The highest BCUT2D eigenvalue weighted by atomic mass is 32.2. The van der Waals surface area contributed by atoms with Gasteiger partial charge in [0.25, 0.3) is 0 Å². The predicted molar refractivity (Wildman–Crippen MR) is 67.5 cm³/mol. The maximum Gasteiger partial charge on any atom is 0.238 e. The summed E-state index contributed by atoms with van der Waals surface area (Å²) in [6.45, 7) is 1.09. The minimum Gasteiger partial charge on any atom is -0.322 e. The van der Waals surface area contributed by atoms with Crippen LogP contribution in [-0.4, -0.2) is 36.7 Å². The van der Waals surface area contributed by atoms with Crippen LogP contribution in [0.3, 0.4) is 0 Å². The van der Waals surface area contributed by atoms with E-state index in [0.29, 0.717) is 13.1 Å². The molecule has 5 nitrogen and oxygen atoms in total. The monoisotopic (exact) mass is 257 g/mol. The number of sulfonamides is 1. The number of rotatable bonds is 2. The van der Waals surface area contributed by atoms with Gasteiger partial charge < -0.3 is 11.5 Å². The quantitative estimate of drug-likeness (QED) is 0.723. The Morgan fingerprint density at radius 3 is 2.41 bits per heavy atom. The molecule has 0 spiro atoms. The van der Waals surface area contributed by atoms with E-state index < -0.39 is 20.9 Å². The Morgan fingerprint density at radius 2 is 1.82 bits per heavy atom. The van der Waals surface area contributed by atoms with E-state index in [4.69, 9.17) is 11.5 Å². The molecule has 1 aliphatic carbocycles. The first-order valence-corrected chi connectivity index (χ1v) is 7.33. The molecule has 2 rings (SSSR count). The van der Waals surface area contributed by atoms with Crippen LogP contribution in [0.5, 0.6) is 0 Å². The molecule has 0 aromatic heterocycles. The van der Waals surface area contributed by atoms with Crippen LogP contribution in [0.15, 0.2) is 24.3 Å². The Kier molecular flexibility index (Phi) is 3.40. The summed E-state index contributed by atoms with van der Waals surface area (Å²) in [6, 6.07) is -0.695. The third kappa shape index (κ3) is 2.06. The van der Waals surface area contributed by atoms with Gasteiger partial charge in [0.1, 0.15) is 0 Å². The highest BCUT2D eigenvalue weighted by molar-refractivity contribution is 7.90. The lowest BCUT2D eigenvalue weighted by Gasteiger charge is -2.38. The first-order chi connectivity index (χ1) is 7.98. The highest BCUT2D eigenvalue weighted by Crippen LogP contribution is 2.26. The predicted octanol–water partition coefficient (Wildman–Crippen LogP) is -0.0896. The molecular weight excluding hydrogens is 238 g/mol. The lowest BCUT2D eigenvalue weighted by Crippen LogP contribution is -2.63. The molecule has 0 aromatic rings. The molecule has 4 N–H and O–H groups in total. The molecule has 0 radical (unpaired) electrons. The summed E-state index contributed by atoms with van der Waals surface area (Å²) < 4.78 is 26.5. The molecule has 0 amide bonds. The molecule has 0 bridgehead atoms. The van der Waals surface area contributed by atoms with Gasteiger partial charge in [-0.05, 0) is 18.9 Å². The van der Waals surface area contributed by atoms with Crippen LogP contribution >= 0.6 is 0 Å². The van der Waals surface area contributed by atoms with E-state index in [1.807, 2.05) is 0 Å². The fourth-order valence-corrected chi connectivity index (χ4v) is 4.10. The number of nitrogens with zero attached hydrogens (tertiary/aromatic N) is 1. The summed E-state index contributed by atoms with van der Waals surface area (Å²) in [5, 5.41) is 0. The Labute approximate surface area is 102 Å². The van der Waals surface area contributed by atoms with E-state index in [-0.39, 0.29) is 0 Å². The van der Waals surface area contributed by atoms with Crippen LogP contribution in [0.2, 0.25) is 0 Å². The molecule has 2 unspecified atom stereocenters. The van der Waals surface area contributed by atoms with Gasteiger partial charge in [0.15, 0.2) is 4.87 Å². The van der Waals surface area contributed by atoms with Gasteiger partial charge in [-0.1, -0.05) is 24.6 Å². The standard InChI is InChI=1S/C11H19N3O2S/c12-10-6-2-3-7-11(10,13)17(15,16)14-8-4-1-5-9-14/h2-3,6-7,10H,1,4-5,8-9,12-13H2. The summed E-state index contributed by atoms with van der Waals surface area (Å²) in [5.74, 6) is 0. The minimum absolute atomic E-state index is 0.547. The van der Waals surface area contributed by atoms with Crippen molar-refractivity contribution in [3.05, 3.63) is 24.3 Å². The number of allylic oxidation sites excluding steroid dienone is 2. The Bertz CT molecular complexity index is 438. The maximum absolute atomic E-state index is 12.5. The molecule has 17 heavy (non-hydrogen) atoms. The number of hydrogen-bond donors (Lipinski definition) is 2. The van der Waals surface area contributed by atoms with E-state index in [1.54, 1.807) is 18.2 Å². The van der Waals surface area contributed by atoms with Gasteiger partial charge in [-0.25, -0.2) is 8.42 Å². The maximum atomic E-state index is 12.5. The van der Waals surface area contributed by atoms with Crippen LogP contribution < -0.4 is 11.5 Å². The summed E-state index contributed by atoms with van der Waals surface area (Å²) in [7, 11) is -3.59. The number of nitrogens with two attached hydrogens (primary N) is 2.